The molecule has 1 fully saturated rings. The number of likely N-dealkylation sites (tertiary alicyclic amines) is 1. The Balaban J connectivity index is 1.64. The summed E-state index contributed by atoms with van der Waals surface area (Å²) in [4.78, 5) is 14.5. The predicted octanol–water partition coefficient (Wildman–Crippen LogP) is 3.60. The van der Waals surface area contributed by atoms with Gasteiger partial charge in [-0.3, -0.25) is 4.79 Å². The SMILES string of the molecule is O=C(Cc1ccc(F)cc1)N1CCCC1Cc1ccccc1. The highest BCUT2D eigenvalue weighted by molar-refractivity contribution is 5.79. The fourth-order valence-electron chi connectivity index (χ4n) is 3.14. The van der Waals surface area contributed by atoms with Crippen LogP contribution in [-0.2, 0) is 17.6 Å². The summed E-state index contributed by atoms with van der Waals surface area (Å²) in [5.41, 5.74) is 2.14. The van der Waals surface area contributed by atoms with Gasteiger partial charge in [0.05, 0.1) is 6.42 Å². The van der Waals surface area contributed by atoms with Gasteiger partial charge in [-0.2, -0.15) is 0 Å². The Kier molecular flexibility index (Phi) is 4.52. The third-order valence-corrected chi connectivity index (χ3v) is 4.28. The van der Waals surface area contributed by atoms with Crippen LogP contribution in [0.25, 0.3) is 0 Å². The molecule has 3 heteroatoms. The van der Waals surface area contributed by atoms with Gasteiger partial charge in [-0.25, -0.2) is 4.39 Å². The molecule has 1 amide bonds. The molecule has 2 aromatic rings. The van der Waals surface area contributed by atoms with Gasteiger partial charge in [0, 0.05) is 12.6 Å². The van der Waals surface area contributed by atoms with E-state index >= 15 is 0 Å². The van der Waals surface area contributed by atoms with Crippen molar-refractivity contribution in [1.82, 2.24) is 4.90 Å². The van der Waals surface area contributed by atoms with Crippen molar-refractivity contribution >= 4 is 5.91 Å². The minimum absolute atomic E-state index is 0.144. The number of rotatable bonds is 4. The third-order valence-electron chi connectivity index (χ3n) is 4.28. The fraction of sp³-hybridized carbons (Fsp3) is 0.316. The van der Waals surface area contributed by atoms with Crippen LogP contribution in [0, 0.1) is 5.82 Å². The minimum atomic E-state index is -0.265. The molecule has 1 aliphatic rings. The maximum atomic E-state index is 12.9. The molecule has 0 N–H and O–H groups in total. The van der Waals surface area contributed by atoms with Gasteiger partial charge < -0.3 is 4.90 Å². The number of amides is 1. The zero-order valence-electron chi connectivity index (χ0n) is 12.5. The largest absolute Gasteiger partial charge is 0.339 e. The van der Waals surface area contributed by atoms with Crippen molar-refractivity contribution in [3.8, 4) is 0 Å². The molecule has 1 heterocycles. The molecule has 0 aliphatic carbocycles. The number of hydrogen-bond donors (Lipinski definition) is 0. The summed E-state index contributed by atoms with van der Waals surface area (Å²) in [5.74, 6) is -0.121. The molecule has 2 nitrogen and oxygen atoms in total. The van der Waals surface area contributed by atoms with Crippen molar-refractivity contribution in [3.63, 3.8) is 0 Å². The smallest absolute Gasteiger partial charge is 0.227 e. The summed E-state index contributed by atoms with van der Waals surface area (Å²) in [5, 5.41) is 0. The Morgan fingerprint density at radius 2 is 1.77 bits per heavy atom. The highest BCUT2D eigenvalue weighted by Crippen LogP contribution is 2.22. The van der Waals surface area contributed by atoms with Gasteiger partial charge in [-0.05, 0) is 42.5 Å². The standard InChI is InChI=1S/C19H20FNO/c20-17-10-8-16(9-11-17)14-19(22)21-12-4-7-18(21)13-15-5-2-1-3-6-15/h1-3,5-6,8-11,18H,4,7,12-14H2. The van der Waals surface area contributed by atoms with Crippen LogP contribution in [0.3, 0.4) is 0 Å². The van der Waals surface area contributed by atoms with E-state index in [0.717, 1.165) is 31.4 Å². The first-order valence-corrected chi connectivity index (χ1v) is 7.80. The zero-order valence-corrected chi connectivity index (χ0v) is 12.5. The van der Waals surface area contributed by atoms with Gasteiger partial charge >= 0.3 is 0 Å². The lowest BCUT2D eigenvalue weighted by Gasteiger charge is -2.25. The lowest BCUT2D eigenvalue weighted by Crippen LogP contribution is -2.37. The Bertz CT molecular complexity index is 624. The minimum Gasteiger partial charge on any atom is -0.339 e. The molecule has 3 rings (SSSR count). The summed E-state index contributed by atoms with van der Waals surface area (Å²) >= 11 is 0. The number of nitrogens with zero attached hydrogens (tertiary/aromatic N) is 1. The third kappa shape index (κ3) is 3.53. The molecule has 0 bridgehead atoms. The molecule has 2 aromatic carbocycles. The Hall–Kier alpha value is -2.16. The summed E-state index contributed by atoms with van der Waals surface area (Å²) in [7, 11) is 0. The van der Waals surface area contributed by atoms with E-state index in [-0.39, 0.29) is 17.8 Å². The maximum absolute atomic E-state index is 12.9. The lowest BCUT2D eigenvalue weighted by atomic mass is 10.0. The highest BCUT2D eigenvalue weighted by Gasteiger charge is 2.28. The van der Waals surface area contributed by atoms with Crippen LogP contribution in [0.2, 0.25) is 0 Å². The topological polar surface area (TPSA) is 20.3 Å². The average Bonchev–Trinajstić information content (AvgIpc) is 2.99. The summed E-state index contributed by atoms with van der Waals surface area (Å²) < 4.78 is 12.9. The Morgan fingerprint density at radius 1 is 1.05 bits per heavy atom. The molecule has 114 valence electrons. The number of halogens is 1. The molecule has 0 spiro atoms. The molecule has 1 atom stereocenters. The normalized spacial score (nSPS) is 17.7. The monoisotopic (exact) mass is 297 g/mol. The van der Waals surface area contributed by atoms with Crippen molar-refractivity contribution in [2.45, 2.75) is 31.7 Å². The van der Waals surface area contributed by atoms with Gasteiger partial charge in [0.1, 0.15) is 5.82 Å². The van der Waals surface area contributed by atoms with E-state index in [2.05, 4.69) is 12.1 Å². The first kappa shape index (κ1) is 14.8. The van der Waals surface area contributed by atoms with Crippen molar-refractivity contribution in [2.24, 2.45) is 0 Å². The van der Waals surface area contributed by atoms with Crippen molar-refractivity contribution < 1.29 is 9.18 Å². The first-order chi connectivity index (χ1) is 10.7. The van der Waals surface area contributed by atoms with Crippen LogP contribution in [-0.4, -0.2) is 23.4 Å². The van der Waals surface area contributed by atoms with Crippen LogP contribution in [0.1, 0.15) is 24.0 Å². The van der Waals surface area contributed by atoms with E-state index in [1.165, 1.54) is 17.7 Å². The van der Waals surface area contributed by atoms with Crippen LogP contribution >= 0.6 is 0 Å². The molecule has 1 saturated heterocycles. The maximum Gasteiger partial charge on any atom is 0.227 e. The van der Waals surface area contributed by atoms with E-state index in [1.54, 1.807) is 12.1 Å². The van der Waals surface area contributed by atoms with Crippen molar-refractivity contribution in [2.75, 3.05) is 6.54 Å². The fourth-order valence-corrected chi connectivity index (χ4v) is 3.14. The van der Waals surface area contributed by atoms with Gasteiger partial charge in [-0.15, -0.1) is 0 Å². The summed E-state index contributed by atoms with van der Waals surface area (Å²) in [6, 6.07) is 16.8. The van der Waals surface area contributed by atoms with Crippen molar-refractivity contribution in [3.05, 3.63) is 71.5 Å². The van der Waals surface area contributed by atoms with Crippen LogP contribution in [0.15, 0.2) is 54.6 Å². The number of carbonyl (C=O) groups is 1. The van der Waals surface area contributed by atoms with E-state index in [0.29, 0.717) is 6.42 Å². The molecule has 1 aliphatic heterocycles. The molecule has 0 aromatic heterocycles. The summed E-state index contributed by atoms with van der Waals surface area (Å²) in [6.07, 6.45) is 3.39. The van der Waals surface area contributed by atoms with Gasteiger partial charge in [0.2, 0.25) is 5.91 Å². The first-order valence-electron chi connectivity index (χ1n) is 7.80. The molecule has 0 saturated carbocycles. The molecule has 22 heavy (non-hydrogen) atoms. The number of hydrogen-bond acceptors (Lipinski definition) is 1. The van der Waals surface area contributed by atoms with E-state index in [9.17, 15) is 9.18 Å². The molecular formula is C19H20FNO. The second kappa shape index (κ2) is 6.73. The van der Waals surface area contributed by atoms with Crippen LogP contribution in [0.5, 0.6) is 0 Å². The average molecular weight is 297 g/mol. The van der Waals surface area contributed by atoms with Gasteiger partial charge in [0.25, 0.3) is 0 Å². The molecular weight excluding hydrogens is 277 g/mol. The Labute approximate surface area is 130 Å². The second-order valence-electron chi connectivity index (χ2n) is 5.88. The van der Waals surface area contributed by atoms with Crippen LogP contribution < -0.4 is 0 Å². The quantitative estimate of drug-likeness (QED) is 0.844. The van der Waals surface area contributed by atoms with Gasteiger partial charge in [-0.1, -0.05) is 42.5 Å². The predicted molar refractivity (Wildman–Crippen MR) is 85.0 cm³/mol. The zero-order chi connectivity index (χ0) is 15.4. The Morgan fingerprint density at radius 3 is 2.50 bits per heavy atom. The van der Waals surface area contributed by atoms with E-state index in [4.69, 9.17) is 0 Å². The second-order valence-corrected chi connectivity index (χ2v) is 5.88. The van der Waals surface area contributed by atoms with E-state index < -0.39 is 0 Å². The van der Waals surface area contributed by atoms with Gasteiger partial charge in [0.15, 0.2) is 0 Å². The number of benzene rings is 2. The van der Waals surface area contributed by atoms with Crippen molar-refractivity contribution in [1.29, 1.82) is 0 Å². The number of carbonyl (C=O) groups excluding carboxylic acids is 1. The molecule has 1 unspecified atom stereocenters. The molecule has 0 radical (unpaired) electrons. The summed E-state index contributed by atoms with van der Waals surface area (Å²) in [6.45, 7) is 0.831. The lowest BCUT2D eigenvalue weighted by molar-refractivity contribution is -0.131. The van der Waals surface area contributed by atoms with E-state index in [1.807, 2.05) is 23.1 Å². The van der Waals surface area contributed by atoms with Crippen LogP contribution in [0.4, 0.5) is 4.39 Å². The highest BCUT2D eigenvalue weighted by atomic mass is 19.1.